The van der Waals surface area contributed by atoms with E-state index in [1.165, 1.54) is 17.0 Å². The van der Waals surface area contributed by atoms with Crippen LogP contribution in [0.1, 0.15) is 50.5 Å². The van der Waals surface area contributed by atoms with Crippen LogP contribution in [0.15, 0.2) is 24.4 Å². The summed E-state index contributed by atoms with van der Waals surface area (Å²) in [5.41, 5.74) is 1.09. The molecule has 0 radical (unpaired) electrons. The average molecular weight is 416 g/mol. The molecule has 7 nitrogen and oxygen atoms in total. The number of fused-ring (bicyclic) bond motifs is 1. The number of nitrogens with zero attached hydrogens (tertiary/aromatic N) is 2. The topological polar surface area (TPSA) is 109 Å². The minimum absolute atomic E-state index is 0.103. The van der Waals surface area contributed by atoms with Crippen LogP contribution in [0.4, 0.5) is 4.39 Å². The van der Waals surface area contributed by atoms with Crippen LogP contribution in [0, 0.1) is 29.0 Å². The number of hydrogen-bond acceptors (Lipinski definition) is 6. The molecule has 0 aromatic heterocycles. The summed E-state index contributed by atoms with van der Waals surface area (Å²) in [5, 5.41) is 36.0. The van der Waals surface area contributed by atoms with Gasteiger partial charge in [-0.2, -0.15) is 5.26 Å². The van der Waals surface area contributed by atoms with Crippen LogP contribution in [0.25, 0.3) is 6.08 Å². The Bertz CT molecular complexity index is 838. The second-order valence-corrected chi connectivity index (χ2v) is 8.43. The summed E-state index contributed by atoms with van der Waals surface area (Å²) in [5.74, 6) is -0.786. The Hall–Kier alpha value is -2.47. The summed E-state index contributed by atoms with van der Waals surface area (Å²) in [6.07, 6.45) is 3.06. The number of benzene rings is 1. The van der Waals surface area contributed by atoms with Crippen molar-refractivity contribution in [3.63, 3.8) is 0 Å². The zero-order valence-corrected chi connectivity index (χ0v) is 17.3. The predicted octanol–water partition coefficient (Wildman–Crippen LogP) is 1.84. The maximum Gasteiger partial charge on any atom is 0.243 e. The Morgan fingerprint density at radius 2 is 2.20 bits per heavy atom. The smallest absolute Gasteiger partial charge is 0.243 e. The summed E-state index contributed by atoms with van der Waals surface area (Å²) in [7, 11) is 0. The van der Waals surface area contributed by atoms with Crippen molar-refractivity contribution in [1.29, 1.82) is 5.26 Å². The zero-order chi connectivity index (χ0) is 21.8. The van der Waals surface area contributed by atoms with E-state index in [9.17, 15) is 24.7 Å². The Kier molecular flexibility index (Phi) is 7.08. The lowest BCUT2D eigenvalue weighted by atomic mass is 9.95. The molecule has 1 saturated heterocycles. The average Bonchev–Trinajstić information content (AvgIpc) is 3.11. The van der Waals surface area contributed by atoms with Gasteiger partial charge >= 0.3 is 0 Å². The van der Waals surface area contributed by atoms with E-state index in [0.29, 0.717) is 30.5 Å². The molecule has 2 heterocycles. The van der Waals surface area contributed by atoms with Crippen LogP contribution >= 0.6 is 0 Å². The molecule has 2 aliphatic heterocycles. The van der Waals surface area contributed by atoms with Crippen LogP contribution in [-0.2, 0) is 4.79 Å². The van der Waals surface area contributed by atoms with Gasteiger partial charge in [0.2, 0.25) is 5.91 Å². The molecule has 2 aliphatic rings. The maximum absolute atomic E-state index is 13.7. The number of nitrogens with one attached hydrogen (secondary N) is 2. The summed E-state index contributed by atoms with van der Waals surface area (Å²) >= 11 is 0. The summed E-state index contributed by atoms with van der Waals surface area (Å²) in [6.45, 7) is 4.61. The largest absolute Gasteiger partial charge is 0.378 e. The normalized spacial score (nSPS) is 25.0. The summed E-state index contributed by atoms with van der Waals surface area (Å²) in [6, 6.07) is 4.82. The fourth-order valence-corrected chi connectivity index (χ4v) is 4.12. The quantitative estimate of drug-likeness (QED) is 0.540. The van der Waals surface area contributed by atoms with E-state index in [2.05, 4.69) is 16.7 Å². The first-order valence-corrected chi connectivity index (χ1v) is 10.3. The molecule has 1 aromatic rings. The number of carbonyl (C=O) groups is 1. The lowest BCUT2D eigenvalue weighted by Gasteiger charge is -2.38. The second-order valence-electron chi connectivity index (χ2n) is 8.43. The number of aliphatic hydroxyl groups excluding tert-OH is 2. The lowest BCUT2D eigenvalue weighted by Crippen LogP contribution is -2.50. The van der Waals surface area contributed by atoms with Crippen LogP contribution in [0.5, 0.6) is 0 Å². The van der Waals surface area contributed by atoms with Gasteiger partial charge in [0.15, 0.2) is 6.23 Å². The van der Waals surface area contributed by atoms with Gasteiger partial charge in [-0.3, -0.25) is 10.1 Å². The third-order valence-electron chi connectivity index (χ3n) is 5.72. The van der Waals surface area contributed by atoms with Gasteiger partial charge in [0, 0.05) is 17.7 Å². The maximum atomic E-state index is 13.7. The van der Waals surface area contributed by atoms with Gasteiger partial charge in [-0.15, -0.1) is 0 Å². The standard InChI is InChI=1S/C22H29FN4O3/c1-13(2)9-19(21(29)26-17(12-24)10-15-5-7-25-20(15)28)27-8-6-14-3-4-16(23)11-18(14)22(27)30/h3-4,6,8,11,13,15,17,19-20,22,25,28,30H,5,7,9-10H2,1-2H3,(H,26,29)/t15-,17-,19-,20-,22-/m0/s1. The van der Waals surface area contributed by atoms with Gasteiger partial charge in [0.1, 0.15) is 24.1 Å². The molecule has 3 rings (SSSR count). The number of hydrogen-bond donors (Lipinski definition) is 4. The highest BCUT2D eigenvalue weighted by atomic mass is 19.1. The molecular formula is C22H29FN4O3. The first-order chi connectivity index (χ1) is 14.3. The Balaban J connectivity index is 1.76. The number of aliphatic hydroxyl groups is 2. The summed E-state index contributed by atoms with van der Waals surface area (Å²) in [4.78, 5) is 14.6. The summed E-state index contributed by atoms with van der Waals surface area (Å²) < 4.78 is 13.7. The fourth-order valence-electron chi connectivity index (χ4n) is 4.12. The minimum Gasteiger partial charge on any atom is -0.378 e. The molecular weight excluding hydrogens is 387 g/mol. The third-order valence-corrected chi connectivity index (χ3v) is 5.72. The second kappa shape index (κ2) is 9.56. The van der Waals surface area contributed by atoms with E-state index in [4.69, 9.17) is 0 Å². The van der Waals surface area contributed by atoms with Crippen molar-refractivity contribution in [3.05, 3.63) is 41.3 Å². The molecule has 1 aromatic carbocycles. The number of amides is 1. The highest BCUT2D eigenvalue weighted by Crippen LogP contribution is 2.32. The van der Waals surface area contributed by atoms with Crippen LogP contribution in [0.2, 0.25) is 0 Å². The highest BCUT2D eigenvalue weighted by molar-refractivity contribution is 5.83. The molecule has 1 fully saturated rings. The Morgan fingerprint density at radius 1 is 1.43 bits per heavy atom. The van der Waals surface area contributed by atoms with Gasteiger partial charge < -0.3 is 20.4 Å². The molecule has 0 aliphatic carbocycles. The van der Waals surface area contributed by atoms with Gasteiger partial charge in [-0.1, -0.05) is 19.9 Å². The van der Waals surface area contributed by atoms with Gasteiger partial charge in [-0.25, -0.2) is 4.39 Å². The van der Waals surface area contributed by atoms with Crippen molar-refractivity contribution in [3.8, 4) is 6.07 Å². The van der Waals surface area contributed by atoms with Crippen molar-refractivity contribution in [1.82, 2.24) is 15.5 Å². The molecule has 0 saturated carbocycles. The van der Waals surface area contributed by atoms with Crippen molar-refractivity contribution in [2.24, 2.45) is 11.8 Å². The Morgan fingerprint density at radius 3 is 2.83 bits per heavy atom. The van der Waals surface area contributed by atoms with E-state index < -0.39 is 30.4 Å². The van der Waals surface area contributed by atoms with Crippen LogP contribution in [-0.4, -0.2) is 45.9 Å². The molecule has 162 valence electrons. The van der Waals surface area contributed by atoms with Crippen molar-refractivity contribution >= 4 is 12.0 Å². The monoisotopic (exact) mass is 416 g/mol. The third kappa shape index (κ3) is 4.98. The minimum atomic E-state index is -1.17. The number of nitriles is 1. The van der Waals surface area contributed by atoms with Crippen LogP contribution < -0.4 is 10.6 Å². The van der Waals surface area contributed by atoms with E-state index in [1.54, 1.807) is 18.3 Å². The fraction of sp³-hybridized carbons (Fsp3) is 0.545. The van der Waals surface area contributed by atoms with Crippen molar-refractivity contribution < 1.29 is 19.4 Å². The predicted molar refractivity (Wildman–Crippen MR) is 110 cm³/mol. The molecule has 4 N–H and O–H groups in total. The van der Waals surface area contributed by atoms with Gasteiger partial charge in [0.25, 0.3) is 0 Å². The number of carbonyl (C=O) groups excluding carboxylic acids is 1. The van der Waals surface area contributed by atoms with Crippen molar-refractivity contribution in [2.75, 3.05) is 6.54 Å². The first-order valence-electron chi connectivity index (χ1n) is 10.3. The van der Waals surface area contributed by atoms with E-state index in [0.717, 1.165) is 6.42 Å². The van der Waals surface area contributed by atoms with E-state index >= 15 is 0 Å². The zero-order valence-electron chi connectivity index (χ0n) is 17.3. The molecule has 0 unspecified atom stereocenters. The molecule has 0 spiro atoms. The molecule has 8 heteroatoms. The lowest BCUT2D eigenvalue weighted by molar-refractivity contribution is -0.130. The molecule has 5 atom stereocenters. The first kappa shape index (κ1) is 22.2. The van der Waals surface area contributed by atoms with E-state index in [-0.39, 0.29) is 17.7 Å². The SMILES string of the molecule is CC(C)C[C@@H](C(=O)N[C@H](C#N)C[C@@H]1CCN[C@H]1O)N1C=Cc2ccc(F)cc2[C@@H]1O. The van der Waals surface area contributed by atoms with Gasteiger partial charge in [0.05, 0.1) is 6.07 Å². The highest BCUT2D eigenvalue weighted by Gasteiger charge is 2.35. The van der Waals surface area contributed by atoms with Crippen LogP contribution in [0.3, 0.4) is 0 Å². The number of halogens is 1. The molecule has 1 amide bonds. The van der Waals surface area contributed by atoms with Gasteiger partial charge in [-0.05, 0) is 55.5 Å². The molecule has 30 heavy (non-hydrogen) atoms. The Labute approximate surface area is 176 Å². The van der Waals surface area contributed by atoms with Crippen molar-refractivity contribution in [2.45, 2.75) is 57.6 Å². The van der Waals surface area contributed by atoms with E-state index in [1.807, 2.05) is 13.8 Å². The molecule has 0 bridgehead atoms. The number of rotatable bonds is 7.